The van der Waals surface area contributed by atoms with Gasteiger partial charge in [0, 0.05) is 11.6 Å². The summed E-state index contributed by atoms with van der Waals surface area (Å²) >= 11 is 5.94. The third kappa shape index (κ3) is 2.23. The van der Waals surface area contributed by atoms with E-state index >= 15 is 0 Å². The van der Waals surface area contributed by atoms with Crippen LogP contribution >= 0.6 is 11.6 Å². The number of hydrogen-bond acceptors (Lipinski definition) is 5. The Labute approximate surface area is 120 Å². The summed E-state index contributed by atoms with van der Waals surface area (Å²) in [6.07, 6.45) is 3.03. The minimum atomic E-state index is 0.200. The Hall–Kier alpha value is -2.40. The summed E-state index contributed by atoms with van der Waals surface area (Å²) in [5.74, 6) is 1.13. The molecule has 6 heteroatoms. The molecule has 3 rings (SSSR count). The van der Waals surface area contributed by atoms with Crippen LogP contribution in [0.3, 0.4) is 0 Å². The molecule has 5 nitrogen and oxygen atoms in total. The van der Waals surface area contributed by atoms with Crippen LogP contribution in [0.1, 0.15) is 0 Å². The van der Waals surface area contributed by atoms with Gasteiger partial charge >= 0.3 is 0 Å². The molecule has 0 aliphatic heterocycles. The smallest absolute Gasteiger partial charge is 0.267 e. The standard InChI is InChI=1S/C14H10ClN3O2/c1-19-12-13(15)17-8-18-14(12)20-10-6-2-4-9-5-3-7-16-11(9)10/h2-8H,1H3. The molecule has 0 atom stereocenters. The van der Waals surface area contributed by atoms with Crippen molar-refractivity contribution in [3.63, 3.8) is 0 Å². The molecule has 0 bridgehead atoms. The third-order valence-corrected chi connectivity index (χ3v) is 3.00. The van der Waals surface area contributed by atoms with Gasteiger partial charge in [0.05, 0.1) is 7.11 Å². The minimum absolute atomic E-state index is 0.200. The van der Waals surface area contributed by atoms with Gasteiger partial charge in [-0.15, -0.1) is 0 Å². The maximum atomic E-state index is 5.94. The number of rotatable bonds is 3. The maximum Gasteiger partial charge on any atom is 0.267 e. The molecular weight excluding hydrogens is 278 g/mol. The average molecular weight is 288 g/mol. The largest absolute Gasteiger partial charge is 0.489 e. The van der Waals surface area contributed by atoms with Gasteiger partial charge in [-0.3, -0.25) is 4.98 Å². The van der Waals surface area contributed by atoms with Gasteiger partial charge in [-0.1, -0.05) is 29.8 Å². The topological polar surface area (TPSA) is 57.1 Å². The fourth-order valence-corrected chi connectivity index (χ4v) is 2.05. The first kappa shape index (κ1) is 12.6. The van der Waals surface area contributed by atoms with Crippen LogP contribution in [0.25, 0.3) is 10.9 Å². The average Bonchev–Trinajstić information content (AvgIpc) is 2.48. The van der Waals surface area contributed by atoms with E-state index in [9.17, 15) is 0 Å². The lowest BCUT2D eigenvalue weighted by atomic mass is 10.2. The number of halogens is 1. The van der Waals surface area contributed by atoms with Crippen LogP contribution in [0.4, 0.5) is 0 Å². The highest BCUT2D eigenvalue weighted by Crippen LogP contribution is 2.35. The molecule has 0 saturated carbocycles. The predicted octanol–water partition coefficient (Wildman–Crippen LogP) is 3.48. The molecule has 100 valence electrons. The monoisotopic (exact) mass is 287 g/mol. The van der Waals surface area contributed by atoms with Crippen molar-refractivity contribution in [2.75, 3.05) is 7.11 Å². The van der Waals surface area contributed by atoms with Crippen LogP contribution in [-0.4, -0.2) is 22.1 Å². The van der Waals surface area contributed by atoms with E-state index in [1.165, 1.54) is 13.4 Å². The van der Waals surface area contributed by atoms with E-state index in [4.69, 9.17) is 21.1 Å². The fourth-order valence-electron chi connectivity index (χ4n) is 1.84. The van der Waals surface area contributed by atoms with Crippen LogP contribution in [0.2, 0.25) is 5.15 Å². The number of aromatic nitrogens is 3. The second-order valence-electron chi connectivity index (χ2n) is 3.94. The van der Waals surface area contributed by atoms with Crippen molar-refractivity contribution in [1.29, 1.82) is 0 Å². The fraction of sp³-hybridized carbons (Fsp3) is 0.0714. The summed E-state index contributed by atoms with van der Waals surface area (Å²) in [6.45, 7) is 0. The van der Waals surface area contributed by atoms with E-state index in [1.807, 2.05) is 30.3 Å². The molecular formula is C14H10ClN3O2. The molecule has 0 fully saturated rings. The Morgan fingerprint density at radius 2 is 1.90 bits per heavy atom. The summed E-state index contributed by atoms with van der Waals surface area (Å²) in [5.41, 5.74) is 0.742. The maximum absolute atomic E-state index is 5.94. The van der Waals surface area contributed by atoms with Crippen LogP contribution in [0.5, 0.6) is 17.4 Å². The number of hydrogen-bond donors (Lipinski definition) is 0. The molecule has 0 radical (unpaired) electrons. The molecule has 0 N–H and O–H groups in total. The number of para-hydroxylation sites is 1. The van der Waals surface area contributed by atoms with Gasteiger partial charge in [0.1, 0.15) is 11.8 Å². The molecule has 20 heavy (non-hydrogen) atoms. The Balaban J connectivity index is 2.08. The van der Waals surface area contributed by atoms with Gasteiger partial charge in [-0.05, 0) is 12.1 Å². The lowest BCUT2D eigenvalue weighted by Gasteiger charge is -2.10. The highest BCUT2D eigenvalue weighted by Gasteiger charge is 2.14. The van der Waals surface area contributed by atoms with Crippen molar-refractivity contribution < 1.29 is 9.47 Å². The molecule has 3 aromatic rings. The summed E-state index contributed by atoms with van der Waals surface area (Å²) < 4.78 is 10.9. The summed E-state index contributed by atoms with van der Waals surface area (Å²) in [6, 6.07) is 9.48. The number of ether oxygens (including phenoxy) is 2. The Kier molecular flexibility index (Phi) is 3.35. The number of benzene rings is 1. The zero-order valence-electron chi connectivity index (χ0n) is 10.6. The van der Waals surface area contributed by atoms with E-state index in [1.54, 1.807) is 6.20 Å². The summed E-state index contributed by atoms with van der Waals surface area (Å²) in [7, 11) is 1.48. The molecule has 0 aliphatic carbocycles. The quantitative estimate of drug-likeness (QED) is 0.690. The second-order valence-corrected chi connectivity index (χ2v) is 4.29. The number of methoxy groups -OCH3 is 1. The van der Waals surface area contributed by atoms with Crippen molar-refractivity contribution in [2.24, 2.45) is 0 Å². The summed E-state index contributed by atoms with van der Waals surface area (Å²) in [4.78, 5) is 12.2. The second kappa shape index (κ2) is 5.30. The van der Waals surface area contributed by atoms with E-state index in [0.717, 1.165) is 10.9 Å². The van der Waals surface area contributed by atoms with Crippen molar-refractivity contribution >= 4 is 22.5 Å². The highest BCUT2D eigenvalue weighted by atomic mass is 35.5. The highest BCUT2D eigenvalue weighted by molar-refractivity contribution is 6.31. The van der Waals surface area contributed by atoms with Gasteiger partial charge in [-0.2, -0.15) is 4.98 Å². The first-order valence-corrected chi connectivity index (χ1v) is 6.23. The van der Waals surface area contributed by atoms with Gasteiger partial charge in [0.2, 0.25) is 5.75 Å². The summed E-state index contributed by atoms with van der Waals surface area (Å²) in [5, 5.41) is 1.18. The molecule has 1 aromatic carbocycles. The van der Waals surface area contributed by atoms with E-state index < -0.39 is 0 Å². The first-order chi connectivity index (χ1) is 9.79. The van der Waals surface area contributed by atoms with Crippen LogP contribution in [0, 0.1) is 0 Å². The van der Waals surface area contributed by atoms with E-state index in [-0.39, 0.29) is 11.0 Å². The van der Waals surface area contributed by atoms with Crippen molar-refractivity contribution in [2.45, 2.75) is 0 Å². The van der Waals surface area contributed by atoms with Crippen molar-refractivity contribution in [3.05, 3.63) is 48.0 Å². The Bertz CT molecular complexity index is 759. The number of nitrogens with zero attached hydrogens (tertiary/aromatic N) is 3. The lowest BCUT2D eigenvalue weighted by molar-refractivity contribution is 0.368. The first-order valence-electron chi connectivity index (χ1n) is 5.85. The number of pyridine rings is 1. The Morgan fingerprint density at radius 3 is 2.75 bits per heavy atom. The zero-order chi connectivity index (χ0) is 13.9. The van der Waals surface area contributed by atoms with Crippen LogP contribution in [0.15, 0.2) is 42.9 Å². The number of fused-ring (bicyclic) bond motifs is 1. The van der Waals surface area contributed by atoms with Crippen LogP contribution in [-0.2, 0) is 0 Å². The molecule has 0 spiro atoms. The predicted molar refractivity (Wildman–Crippen MR) is 75.4 cm³/mol. The van der Waals surface area contributed by atoms with Gasteiger partial charge < -0.3 is 9.47 Å². The molecule has 2 heterocycles. The minimum Gasteiger partial charge on any atom is -0.489 e. The van der Waals surface area contributed by atoms with Crippen LogP contribution < -0.4 is 9.47 Å². The Morgan fingerprint density at radius 1 is 1.05 bits per heavy atom. The SMILES string of the molecule is COc1c(Cl)ncnc1Oc1cccc2cccnc12. The molecule has 0 unspecified atom stereocenters. The lowest BCUT2D eigenvalue weighted by Crippen LogP contribution is -1.96. The van der Waals surface area contributed by atoms with Crippen molar-refractivity contribution in [1.82, 2.24) is 15.0 Å². The molecule has 2 aromatic heterocycles. The molecule has 0 amide bonds. The van der Waals surface area contributed by atoms with Gasteiger partial charge in [0.25, 0.3) is 5.88 Å². The van der Waals surface area contributed by atoms with E-state index in [0.29, 0.717) is 11.5 Å². The normalized spacial score (nSPS) is 10.5. The molecule has 0 saturated heterocycles. The molecule has 0 aliphatic rings. The van der Waals surface area contributed by atoms with Crippen molar-refractivity contribution in [3.8, 4) is 17.4 Å². The van der Waals surface area contributed by atoms with Gasteiger partial charge in [-0.25, -0.2) is 4.98 Å². The zero-order valence-corrected chi connectivity index (χ0v) is 11.3. The third-order valence-electron chi connectivity index (χ3n) is 2.73. The van der Waals surface area contributed by atoms with E-state index in [2.05, 4.69) is 15.0 Å². The van der Waals surface area contributed by atoms with Gasteiger partial charge in [0.15, 0.2) is 10.9 Å².